The summed E-state index contributed by atoms with van der Waals surface area (Å²) in [6.45, 7) is 5.75. The van der Waals surface area contributed by atoms with Crippen LogP contribution in [0.2, 0.25) is 0 Å². The van der Waals surface area contributed by atoms with Gasteiger partial charge in [0, 0.05) is 18.5 Å². The van der Waals surface area contributed by atoms with Gasteiger partial charge < -0.3 is 9.64 Å². The summed E-state index contributed by atoms with van der Waals surface area (Å²) in [5.74, 6) is 2.34. The third-order valence-electron chi connectivity index (χ3n) is 6.71. The number of rotatable bonds is 9. The highest BCUT2D eigenvalue weighted by molar-refractivity contribution is 7.99. The number of thiophene rings is 1. The van der Waals surface area contributed by atoms with Crippen LogP contribution in [-0.4, -0.2) is 47.0 Å². The van der Waals surface area contributed by atoms with Crippen LogP contribution in [-0.2, 0) is 17.6 Å². The number of nitrogens with zero attached hydrogens (tertiary/aromatic N) is 4. The van der Waals surface area contributed by atoms with Crippen LogP contribution in [0, 0.1) is 0 Å². The summed E-state index contributed by atoms with van der Waals surface area (Å²) in [5, 5.41) is 2.45. The van der Waals surface area contributed by atoms with Crippen molar-refractivity contribution in [1.82, 2.24) is 15.0 Å². The fourth-order valence-corrected chi connectivity index (χ4v) is 7.24. The zero-order valence-corrected chi connectivity index (χ0v) is 20.8. The number of aryl methyl sites for hydroxylation is 1. The first kappa shape index (κ1) is 22.4. The number of morpholine rings is 1. The third kappa shape index (κ3) is 4.62. The van der Waals surface area contributed by atoms with Crippen LogP contribution < -0.4 is 4.90 Å². The normalized spacial score (nSPS) is 16.7. The molecule has 172 valence electrons. The minimum Gasteiger partial charge on any atom is -0.378 e. The second-order valence-corrected chi connectivity index (χ2v) is 11.0. The highest BCUT2D eigenvalue weighted by Crippen LogP contribution is 2.43. The molecule has 2 aliphatic rings. The molecule has 1 fully saturated rings. The van der Waals surface area contributed by atoms with Gasteiger partial charge in [-0.25, -0.2) is 15.0 Å². The van der Waals surface area contributed by atoms with E-state index in [0.717, 1.165) is 60.3 Å². The maximum Gasteiger partial charge on any atom is 0.133 e. The fraction of sp³-hybridized carbons (Fsp3) is 0.640. The van der Waals surface area contributed by atoms with Gasteiger partial charge >= 0.3 is 0 Å². The monoisotopic (exact) mass is 470 g/mol. The van der Waals surface area contributed by atoms with Crippen molar-refractivity contribution in [3.63, 3.8) is 0 Å². The van der Waals surface area contributed by atoms with E-state index in [2.05, 4.69) is 16.8 Å². The van der Waals surface area contributed by atoms with Gasteiger partial charge in [0.2, 0.25) is 0 Å². The Morgan fingerprint density at radius 3 is 2.62 bits per heavy atom. The van der Waals surface area contributed by atoms with Crippen LogP contribution in [0.1, 0.15) is 69.4 Å². The summed E-state index contributed by atoms with van der Waals surface area (Å²) >= 11 is 3.70. The molecule has 5 nitrogen and oxygen atoms in total. The molecule has 5 rings (SSSR count). The number of hydrogen-bond donors (Lipinski definition) is 0. The van der Waals surface area contributed by atoms with Crippen LogP contribution in [0.15, 0.2) is 11.4 Å². The maximum atomic E-state index is 5.60. The summed E-state index contributed by atoms with van der Waals surface area (Å²) in [4.78, 5) is 18.3. The number of hydrogen-bond acceptors (Lipinski definition) is 7. The van der Waals surface area contributed by atoms with Gasteiger partial charge in [0.1, 0.15) is 22.0 Å². The third-order valence-corrected chi connectivity index (χ3v) is 9.00. The molecule has 1 aliphatic carbocycles. The Hall–Kier alpha value is -1.44. The zero-order valence-electron chi connectivity index (χ0n) is 19.2. The van der Waals surface area contributed by atoms with Crippen molar-refractivity contribution in [3.05, 3.63) is 17.5 Å². The van der Waals surface area contributed by atoms with Gasteiger partial charge in [-0.3, -0.25) is 0 Å². The molecule has 32 heavy (non-hydrogen) atoms. The topological polar surface area (TPSA) is 51.1 Å². The molecule has 3 aromatic heterocycles. The smallest absolute Gasteiger partial charge is 0.133 e. The molecule has 7 heteroatoms. The lowest BCUT2D eigenvalue weighted by atomic mass is 9.90. The average molecular weight is 471 g/mol. The number of unbranched alkanes of at least 4 members (excludes halogenated alkanes) is 5. The molecule has 0 atom stereocenters. The molecule has 0 spiro atoms. The number of anilines is 1. The standard InChI is InChI=1S/C25H34N4OS2/c1-2-3-4-5-6-9-16-31-25-22-21(26-17-27-25)20-18-10-7-8-11-19(18)23(28-24(20)32-22)29-12-14-30-15-13-29/h17H,2-16H2,1H3. The zero-order chi connectivity index (χ0) is 21.8. The summed E-state index contributed by atoms with van der Waals surface area (Å²) in [6, 6.07) is 0. The maximum absolute atomic E-state index is 5.60. The Kier molecular flexibility index (Phi) is 7.45. The largest absolute Gasteiger partial charge is 0.378 e. The van der Waals surface area contributed by atoms with Crippen molar-refractivity contribution in [3.8, 4) is 0 Å². The molecule has 0 aromatic carbocycles. The first-order valence-corrected chi connectivity index (χ1v) is 14.2. The second kappa shape index (κ2) is 10.7. The van der Waals surface area contributed by atoms with E-state index in [1.807, 2.05) is 11.8 Å². The summed E-state index contributed by atoms with van der Waals surface area (Å²) in [7, 11) is 0. The first-order chi connectivity index (χ1) is 15.9. The van der Waals surface area contributed by atoms with E-state index >= 15 is 0 Å². The van der Waals surface area contributed by atoms with Crippen molar-refractivity contribution in [2.24, 2.45) is 0 Å². The van der Waals surface area contributed by atoms with E-state index < -0.39 is 0 Å². The van der Waals surface area contributed by atoms with Crippen molar-refractivity contribution in [1.29, 1.82) is 0 Å². The van der Waals surface area contributed by atoms with Gasteiger partial charge in [0.15, 0.2) is 0 Å². The van der Waals surface area contributed by atoms with Gasteiger partial charge in [0.05, 0.1) is 23.4 Å². The quantitative estimate of drug-likeness (QED) is 0.205. The summed E-state index contributed by atoms with van der Waals surface area (Å²) in [5.41, 5.74) is 4.09. The number of pyridine rings is 1. The van der Waals surface area contributed by atoms with Crippen molar-refractivity contribution in [2.45, 2.75) is 76.2 Å². The molecule has 1 saturated heterocycles. The average Bonchev–Trinajstić information content (AvgIpc) is 3.23. The molecular formula is C25H34N4OS2. The van der Waals surface area contributed by atoms with Gasteiger partial charge in [-0.15, -0.1) is 23.1 Å². The molecule has 0 bridgehead atoms. The molecule has 0 N–H and O–H groups in total. The lowest BCUT2D eigenvalue weighted by Gasteiger charge is -2.31. The number of thioether (sulfide) groups is 1. The Bertz CT molecular complexity index is 1060. The number of fused-ring (bicyclic) bond motifs is 5. The molecule has 0 saturated carbocycles. The van der Waals surface area contributed by atoms with Crippen LogP contribution in [0.4, 0.5) is 5.82 Å². The van der Waals surface area contributed by atoms with E-state index in [0.29, 0.717) is 0 Å². The van der Waals surface area contributed by atoms with E-state index in [-0.39, 0.29) is 0 Å². The van der Waals surface area contributed by atoms with Gasteiger partial charge in [-0.2, -0.15) is 0 Å². The number of ether oxygens (including phenoxy) is 1. The van der Waals surface area contributed by atoms with Gasteiger partial charge in [-0.05, 0) is 49.0 Å². The Morgan fingerprint density at radius 1 is 1.00 bits per heavy atom. The first-order valence-electron chi connectivity index (χ1n) is 12.4. The minimum atomic E-state index is 0.797. The Morgan fingerprint density at radius 2 is 1.78 bits per heavy atom. The molecule has 0 unspecified atom stereocenters. The van der Waals surface area contributed by atoms with Gasteiger partial charge in [0.25, 0.3) is 0 Å². The minimum absolute atomic E-state index is 0.797. The SMILES string of the molecule is CCCCCCCCSc1ncnc2c1sc1nc(N3CCOCC3)c3c(c12)CCCC3. The van der Waals surface area contributed by atoms with Crippen molar-refractivity contribution < 1.29 is 4.74 Å². The van der Waals surface area contributed by atoms with Crippen molar-refractivity contribution in [2.75, 3.05) is 37.0 Å². The van der Waals surface area contributed by atoms with E-state index in [1.165, 1.54) is 78.4 Å². The molecule has 0 amide bonds. The lowest BCUT2D eigenvalue weighted by Crippen LogP contribution is -2.37. The van der Waals surface area contributed by atoms with E-state index in [4.69, 9.17) is 14.7 Å². The fourth-order valence-electron chi connectivity index (χ4n) is 5.01. The molecule has 1 aliphatic heterocycles. The number of aromatic nitrogens is 3. The summed E-state index contributed by atoms with van der Waals surface area (Å²) < 4.78 is 6.84. The second-order valence-electron chi connectivity index (χ2n) is 8.95. The highest BCUT2D eigenvalue weighted by atomic mass is 32.2. The predicted octanol–water partition coefficient (Wildman–Crippen LogP) is 6.41. The van der Waals surface area contributed by atoms with E-state index in [1.54, 1.807) is 17.7 Å². The van der Waals surface area contributed by atoms with Crippen LogP contribution >= 0.6 is 23.1 Å². The molecule has 0 radical (unpaired) electrons. The molecule has 3 aromatic rings. The van der Waals surface area contributed by atoms with Crippen LogP contribution in [0.25, 0.3) is 20.4 Å². The van der Waals surface area contributed by atoms with Crippen LogP contribution in [0.3, 0.4) is 0 Å². The molecular weight excluding hydrogens is 436 g/mol. The van der Waals surface area contributed by atoms with Crippen molar-refractivity contribution >= 4 is 49.3 Å². The Labute approximate surface area is 199 Å². The summed E-state index contributed by atoms with van der Waals surface area (Å²) in [6.07, 6.45) is 14.6. The van der Waals surface area contributed by atoms with E-state index in [9.17, 15) is 0 Å². The van der Waals surface area contributed by atoms with Gasteiger partial charge in [-0.1, -0.05) is 39.0 Å². The molecule has 4 heterocycles. The predicted molar refractivity (Wildman–Crippen MR) is 136 cm³/mol. The van der Waals surface area contributed by atoms with Crippen LogP contribution in [0.5, 0.6) is 0 Å². The Balaban J connectivity index is 1.44. The lowest BCUT2D eigenvalue weighted by molar-refractivity contribution is 0.122. The highest BCUT2D eigenvalue weighted by Gasteiger charge is 2.26.